The van der Waals surface area contributed by atoms with E-state index in [1.807, 2.05) is 5.32 Å². The third kappa shape index (κ3) is 3.30. The molecule has 0 spiro atoms. The topological polar surface area (TPSA) is 49.4 Å². The van der Waals surface area contributed by atoms with E-state index in [-0.39, 0.29) is 12.5 Å². The number of hydrogen-bond donors (Lipinski definition) is 1. The van der Waals surface area contributed by atoms with Crippen molar-refractivity contribution in [2.24, 2.45) is 0 Å². The second-order valence-electron chi connectivity index (χ2n) is 6.72. The number of carbonyl (C=O) groups is 2. The number of anilines is 2. The summed E-state index contributed by atoms with van der Waals surface area (Å²) >= 11 is 0. The molecule has 0 radical (unpaired) electrons. The zero-order valence-electron chi connectivity index (χ0n) is 15.3. The molecule has 1 heterocycles. The number of benzene rings is 3. The molecule has 0 bridgehead atoms. The lowest BCUT2D eigenvalue weighted by atomic mass is 10.1. The summed E-state index contributed by atoms with van der Waals surface area (Å²) in [5.41, 5.74) is 0.216. The first-order valence-corrected chi connectivity index (χ1v) is 8.99. The van der Waals surface area contributed by atoms with Gasteiger partial charge >= 0.3 is 0 Å². The van der Waals surface area contributed by atoms with Gasteiger partial charge in [0.05, 0.1) is 0 Å². The van der Waals surface area contributed by atoms with Gasteiger partial charge in [-0.3, -0.25) is 14.5 Å². The van der Waals surface area contributed by atoms with E-state index in [2.05, 4.69) is 0 Å². The zero-order chi connectivity index (χ0) is 21.4. The molecule has 1 aliphatic heterocycles. The van der Waals surface area contributed by atoms with Gasteiger partial charge < -0.3 is 5.32 Å². The number of nitrogens with one attached hydrogen (secondary N) is 1. The van der Waals surface area contributed by atoms with Crippen LogP contribution < -0.4 is 10.2 Å². The highest BCUT2D eigenvalue weighted by atomic mass is 19.2. The number of nitrogens with zero attached hydrogens (tertiary/aromatic N) is 1. The van der Waals surface area contributed by atoms with Crippen LogP contribution in [0.3, 0.4) is 0 Å². The van der Waals surface area contributed by atoms with Gasteiger partial charge in [0.2, 0.25) is 5.91 Å². The molecular formula is C22H14F4N2O2. The van der Waals surface area contributed by atoms with Crippen molar-refractivity contribution in [1.82, 2.24) is 0 Å². The van der Waals surface area contributed by atoms with Crippen LogP contribution in [0.25, 0.3) is 0 Å². The molecule has 4 rings (SSSR count). The monoisotopic (exact) mass is 414 g/mol. The molecule has 0 saturated carbocycles. The third-order valence-electron chi connectivity index (χ3n) is 4.88. The van der Waals surface area contributed by atoms with Crippen molar-refractivity contribution in [3.05, 3.63) is 95.1 Å². The highest BCUT2D eigenvalue weighted by Gasteiger charge is 2.39. The van der Waals surface area contributed by atoms with E-state index in [9.17, 15) is 27.2 Å². The Morgan fingerprint density at radius 3 is 2.13 bits per heavy atom. The first-order valence-electron chi connectivity index (χ1n) is 8.99. The van der Waals surface area contributed by atoms with E-state index in [0.717, 1.165) is 0 Å². The van der Waals surface area contributed by atoms with E-state index < -0.39 is 46.8 Å². The van der Waals surface area contributed by atoms with Crippen LogP contribution in [0.2, 0.25) is 0 Å². The summed E-state index contributed by atoms with van der Waals surface area (Å²) in [7, 11) is 0. The molecule has 2 amide bonds. The van der Waals surface area contributed by atoms with Gasteiger partial charge in [-0.15, -0.1) is 0 Å². The maximum absolute atomic E-state index is 14.0. The Hall–Kier alpha value is -3.68. The standard InChI is InChI=1S/C22H14F4N2O2/c23-14-11-15(24)19(26)20(18(14)25)27-21(29)17-10-13-8-4-5-9-16(13)28(17)22(30)12-6-2-1-3-7-12/h1-9,11,17H,10H2,(H,27,29)/t17-/m0/s1. The number of fused-ring (bicyclic) bond motifs is 1. The number of para-hydroxylation sites is 1. The van der Waals surface area contributed by atoms with Gasteiger partial charge in [0.15, 0.2) is 23.3 Å². The van der Waals surface area contributed by atoms with E-state index >= 15 is 0 Å². The Bertz CT molecular complexity index is 1130. The van der Waals surface area contributed by atoms with Gasteiger partial charge in [-0.05, 0) is 23.8 Å². The third-order valence-corrected chi connectivity index (χ3v) is 4.88. The molecule has 1 atom stereocenters. The smallest absolute Gasteiger partial charge is 0.259 e. The van der Waals surface area contributed by atoms with Crippen LogP contribution in [0.4, 0.5) is 28.9 Å². The average molecular weight is 414 g/mol. The molecule has 3 aromatic rings. The number of carbonyl (C=O) groups excluding carboxylic acids is 2. The lowest BCUT2D eigenvalue weighted by Gasteiger charge is -2.25. The van der Waals surface area contributed by atoms with Gasteiger partial charge in [0.1, 0.15) is 11.7 Å². The Morgan fingerprint density at radius 2 is 1.47 bits per heavy atom. The normalized spacial score (nSPS) is 15.1. The van der Waals surface area contributed by atoms with Gasteiger partial charge in [0, 0.05) is 23.7 Å². The molecule has 3 aromatic carbocycles. The summed E-state index contributed by atoms with van der Waals surface area (Å²) in [6.45, 7) is 0. The Labute approximate surface area is 168 Å². The van der Waals surface area contributed by atoms with Crippen molar-refractivity contribution < 1.29 is 27.2 Å². The second kappa shape index (κ2) is 7.62. The van der Waals surface area contributed by atoms with Gasteiger partial charge in [-0.2, -0.15) is 0 Å². The van der Waals surface area contributed by atoms with Crippen LogP contribution in [0.15, 0.2) is 60.7 Å². The number of amides is 2. The van der Waals surface area contributed by atoms with Gasteiger partial charge in [-0.1, -0.05) is 36.4 Å². The van der Waals surface area contributed by atoms with E-state index in [1.54, 1.807) is 54.6 Å². The molecule has 30 heavy (non-hydrogen) atoms. The minimum atomic E-state index is -1.72. The Morgan fingerprint density at radius 1 is 0.867 bits per heavy atom. The summed E-state index contributed by atoms with van der Waals surface area (Å²) in [5.74, 6) is -8.20. The minimum Gasteiger partial charge on any atom is -0.319 e. The molecule has 4 nitrogen and oxygen atoms in total. The molecule has 152 valence electrons. The summed E-state index contributed by atoms with van der Waals surface area (Å²) in [6, 6.07) is 13.8. The van der Waals surface area contributed by atoms with Crippen LogP contribution >= 0.6 is 0 Å². The fraction of sp³-hybridized carbons (Fsp3) is 0.0909. The average Bonchev–Trinajstić information content (AvgIpc) is 3.15. The molecule has 0 fully saturated rings. The first-order chi connectivity index (χ1) is 14.4. The predicted octanol–water partition coefficient (Wildman–Crippen LogP) is 4.45. The van der Waals surface area contributed by atoms with Crippen LogP contribution in [0.1, 0.15) is 15.9 Å². The molecule has 8 heteroatoms. The van der Waals surface area contributed by atoms with Crippen LogP contribution in [0.5, 0.6) is 0 Å². The fourth-order valence-corrected chi connectivity index (χ4v) is 3.46. The van der Waals surface area contributed by atoms with Crippen LogP contribution in [-0.4, -0.2) is 17.9 Å². The first kappa shape index (κ1) is 19.6. The maximum atomic E-state index is 14.0. The predicted molar refractivity (Wildman–Crippen MR) is 102 cm³/mol. The number of halogens is 4. The molecule has 0 saturated heterocycles. The zero-order valence-corrected chi connectivity index (χ0v) is 15.3. The molecule has 1 N–H and O–H groups in total. The van der Waals surface area contributed by atoms with E-state index in [1.165, 1.54) is 4.90 Å². The number of rotatable bonds is 3. The molecule has 1 aliphatic rings. The van der Waals surface area contributed by atoms with Crippen molar-refractivity contribution in [3.63, 3.8) is 0 Å². The van der Waals surface area contributed by atoms with E-state index in [0.29, 0.717) is 16.8 Å². The van der Waals surface area contributed by atoms with Gasteiger partial charge in [-0.25, -0.2) is 17.6 Å². The molecule has 0 unspecified atom stereocenters. The largest absolute Gasteiger partial charge is 0.319 e. The summed E-state index contributed by atoms with van der Waals surface area (Å²) < 4.78 is 55.0. The quantitative estimate of drug-likeness (QED) is 0.509. The van der Waals surface area contributed by atoms with Crippen LogP contribution in [-0.2, 0) is 11.2 Å². The van der Waals surface area contributed by atoms with Crippen molar-refractivity contribution >= 4 is 23.2 Å². The molecular weight excluding hydrogens is 400 g/mol. The highest BCUT2D eigenvalue weighted by molar-refractivity contribution is 6.13. The highest BCUT2D eigenvalue weighted by Crippen LogP contribution is 2.34. The summed E-state index contributed by atoms with van der Waals surface area (Å²) in [6.07, 6.45) is 0.0710. The van der Waals surface area contributed by atoms with E-state index in [4.69, 9.17) is 0 Å². The Balaban J connectivity index is 1.71. The van der Waals surface area contributed by atoms with Crippen molar-refractivity contribution in [3.8, 4) is 0 Å². The lowest BCUT2D eigenvalue weighted by molar-refractivity contribution is -0.117. The summed E-state index contributed by atoms with van der Waals surface area (Å²) in [5, 5.41) is 1.91. The van der Waals surface area contributed by atoms with Crippen LogP contribution in [0, 0.1) is 23.3 Å². The maximum Gasteiger partial charge on any atom is 0.259 e. The van der Waals surface area contributed by atoms with Crippen molar-refractivity contribution in [1.29, 1.82) is 0 Å². The number of hydrogen-bond acceptors (Lipinski definition) is 2. The SMILES string of the molecule is O=C(Nc1c(F)c(F)cc(F)c1F)[C@@H]1Cc2ccccc2N1C(=O)c1ccccc1. The lowest BCUT2D eigenvalue weighted by Crippen LogP contribution is -2.45. The van der Waals surface area contributed by atoms with Gasteiger partial charge in [0.25, 0.3) is 5.91 Å². The summed E-state index contributed by atoms with van der Waals surface area (Å²) in [4.78, 5) is 27.2. The molecule has 0 aliphatic carbocycles. The minimum absolute atomic E-state index is 0.0526. The van der Waals surface area contributed by atoms with Crippen molar-refractivity contribution in [2.45, 2.75) is 12.5 Å². The Kier molecular flexibility index (Phi) is 4.99. The van der Waals surface area contributed by atoms with Crippen molar-refractivity contribution in [2.75, 3.05) is 10.2 Å². The second-order valence-corrected chi connectivity index (χ2v) is 6.72. The fourth-order valence-electron chi connectivity index (χ4n) is 3.46. The molecule has 0 aromatic heterocycles.